The number of nitrogen functional groups attached to an aromatic ring is 1. The Bertz CT molecular complexity index is 1460. The molecule has 1 heterocycles. The lowest BCUT2D eigenvalue weighted by Crippen LogP contribution is -2.24. The van der Waals surface area contributed by atoms with Gasteiger partial charge in [0.05, 0.1) is 0 Å². The quantitative estimate of drug-likeness (QED) is 0.307. The molecule has 0 unspecified atom stereocenters. The molecule has 36 heavy (non-hydrogen) atoms. The van der Waals surface area contributed by atoms with Crippen LogP contribution in [-0.2, 0) is 19.4 Å². The van der Waals surface area contributed by atoms with E-state index in [2.05, 4.69) is 45.5 Å². The SMILES string of the molecule is Cc1cc(N)nc(C)c1CNC(=O)c1ccc2c(c1)Cc1cc(N(C)c3cccc(Cl)c3)ccc1C2. The second-order valence-electron chi connectivity index (χ2n) is 9.44. The van der Waals surface area contributed by atoms with Gasteiger partial charge in [0.1, 0.15) is 5.82 Å². The largest absolute Gasteiger partial charge is 0.384 e. The van der Waals surface area contributed by atoms with Crippen molar-refractivity contribution in [3.05, 3.63) is 116 Å². The van der Waals surface area contributed by atoms with Gasteiger partial charge in [0.25, 0.3) is 5.91 Å². The summed E-state index contributed by atoms with van der Waals surface area (Å²) in [6.45, 7) is 4.32. The van der Waals surface area contributed by atoms with Crippen molar-refractivity contribution in [2.75, 3.05) is 17.7 Å². The molecule has 3 N–H and O–H groups in total. The molecule has 0 bridgehead atoms. The summed E-state index contributed by atoms with van der Waals surface area (Å²) in [4.78, 5) is 19.5. The Balaban J connectivity index is 1.33. The highest BCUT2D eigenvalue weighted by atomic mass is 35.5. The fourth-order valence-electron chi connectivity index (χ4n) is 4.93. The van der Waals surface area contributed by atoms with Gasteiger partial charge in [0.15, 0.2) is 0 Å². The number of fused-ring (bicyclic) bond motifs is 2. The fraction of sp³-hybridized carbons (Fsp3) is 0.200. The first-order valence-corrected chi connectivity index (χ1v) is 12.4. The van der Waals surface area contributed by atoms with Crippen LogP contribution in [-0.4, -0.2) is 17.9 Å². The molecule has 5 nitrogen and oxygen atoms in total. The molecular formula is C30H29ClN4O. The Morgan fingerprint density at radius 2 is 1.64 bits per heavy atom. The number of rotatable bonds is 5. The van der Waals surface area contributed by atoms with E-state index in [4.69, 9.17) is 17.3 Å². The predicted molar refractivity (Wildman–Crippen MR) is 147 cm³/mol. The number of anilines is 3. The maximum atomic E-state index is 13.0. The van der Waals surface area contributed by atoms with Crippen LogP contribution in [0.15, 0.2) is 66.7 Å². The van der Waals surface area contributed by atoms with Crippen molar-refractivity contribution in [2.24, 2.45) is 0 Å². The van der Waals surface area contributed by atoms with Crippen LogP contribution in [0.5, 0.6) is 0 Å². The minimum absolute atomic E-state index is 0.0892. The molecule has 0 atom stereocenters. The highest BCUT2D eigenvalue weighted by Crippen LogP contribution is 2.33. The van der Waals surface area contributed by atoms with Crippen molar-refractivity contribution in [1.82, 2.24) is 10.3 Å². The number of aromatic nitrogens is 1. The van der Waals surface area contributed by atoms with E-state index in [1.807, 2.05) is 57.3 Å². The zero-order valence-electron chi connectivity index (χ0n) is 20.7. The monoisotopic (exact) mass is 496 g/mol. The third-order valence-corrected chi connectivity index (χ3v) is 7.24. The first-order chi connectivity index (χ1) is 17.3. The van der Waals surface area contributed by atoms with E-state index in [1.165, 1.54) is 22.3 Å². The van der Waals surface area contributed by atoms with E-state index in [0.717, 1.165) is 46.1 Å². The first-order valence-electron chi connectivity index (χ1n) is 12.0. The number of nitrogens with two attached hydrogens (primary N) is 1. The Hall–Kier alpha value is -3.83. The Kier molecular flexibility index (Phi) is 6.42. The van der Waals surface area contributed by atoms with Crippen LogP contribution < -0.4 is 16.0 Å². The number of benzene rings is 3. The maximum absolute atomic E-state index is 13.0. The summed E-state index contributed by atoms with van der Waals surface area (Å²) in [5, 5.41) is 3.77. The topological polar surface area (TPSA) is 71.2 Å². The molecule has 182 valence electrons. The van der Waals surface area contributed by atoms with E-state index in [-0.39, 0.29) is 5.91 Å². The summed E-state index contributed by atoms with van der Waals surface area (Å²) in [6, 6.07) is 22.3. The summed E-state index contributed by atoms with van der Waals surface area (Å²) in [6.07, 6.45) is 1.66. The standard InChI is InChI=1S/C30H29ClN4O/c1-18-11-29(32)34-19(2)28(18)17-33-30(36)22-8-7-20-12-21-9-10-27(15-24(21)14-23(20)13-22)35(3)26-6-4-5-25(31)16-26/h4-11,13,15-16H,12,14,17H2,1-3H3,(H2,32,34)(H,33,36). The van der Waals surface area contributed by atoms with Crippen LogP contribution in [0.3, 0.4) is 0 Å². The van der Waals surface area contributed by atoms with Gasteiger partial charge >= 0.3 is 0 Å². The molecule has 0 saturated heterocycles. The van der Waals surface area contributed by atoms with E-state index >= 15 is 0 Å². The van der Waals surface area contributed by atoms with Crippen LogP contribution in [0.4, 0.5) is 17.2 Å². The van der Waals surface area contributed by atoms with Crippen molar-refractivity contribution < 1.29 is 4.79 Å². The lowest BCUT2D eigenvalue weighted by Gasteiger charge is -2.25. The minimum Gasteiger partial charge on any atom is -0.384 e. The van der Waals surface area contributed by atoms with Crippen molar-refractivity contribution in [2.45, 2.75) is 33.2 Å². The fourth-order valence-corrected chi connectivity index (χ4v) is 5.12. The number of aryl methyl sites for hydroxylation is 2. The smallest absolute Gasteiger partial charge is 0.251 e. The molecule has 0 fully saturated rings. The van der Waals surface area contributed by atoms with Crippen LogP contribution >= 0.6 is 11.6 Å². The van der Waals surface area contributed by atoms with Crippen LogP contribution in [0.2, 0.25) is 5.02 Å². The first kappa shape index (κ1) is 23.9. The second-order valence-corrected chi connectivity index (χ2v) is 9.88. The number of nitrogens with zero attached hydrogens (tertiary/aromatic N) is 2. The summed E-state index contributed by atoms with van der Waals surface area (Å²) < 4.78 is 0. The van der Waals surface area contributed by atoms with Gasteiger partial charge in [-0.2, -0.15) is 0 Å². The van der Waals surface area contributed by atoms with Gasteiger partial charge < -0.3 is 16.0 Å². The van der Waals surface area contributed by atoms with Gasteiger partial charge in [-0.05, 0) is 109 Å². The number of carbonyl (C=O) groups is 1. The lowest BCUT2D eigenvalue weighted by molar-refractivity contribution is 0.0950. The normalized spacial score (nSPS) is 12.0. The summed E-state index contributed by atoms with van der Waals surface area (Å²) in [5.74, 6) is 0.408. The van der Waals surface area contributed by atoms with E-state index in [9.17, 15) is 4.79 Å². The van der Waals surface area contributed by atoms with Crippen molar-refractivity contribution >= 4 is 34.7 Å². The summed E-state index contributed by atoms with van der Waals surface area (Å²) >= 11 is 6.20. The molecular weight excluding hydrogens is 468 g/mol. The molecule has 0 spiro atoms. The Labute approximate surface area is 216 Å². The zero-order valence-corrected chi connectivity index (χ0v) is 21.5. The highest BCUT2D eigenvalue weighted by molar-refractivity contribution is 6.30. The highest BCUT2D eigenvalue weighted by Gasteiger charge is 2.19. The number of pyridine rings is 1. The van der Waals surface area contributed by atoms with Gasteiger partial charge in [-0.1, -0.05) is 29.8 Å². The number of carbonyl (C=O) groups excluding carboxylic acids is 1. The summed E-state index contributed by atoms with van der Waals surface area (Å²) in [5.41, 5.74) is 16.6. The predicted octanol–water partition coefficient (Wildman–Crippen LogP) is 6.13. The molecule has 0 aliphatic heterocycles. The van der Waals surface area contributed by atoms with Crippen LogP contribution in [0, 0.1) is 13.8 Å². The molecule has 0 radical (unpaired) electrons. The maximum Gasteiger partial charge on any atom is 0.251 e. The molecule has 4 aromatic rings. The van der Waals surface area contributed by atoms with Gasteiger partial charge in [-0.15, -0.1) is 0 Å². The van der Waals surface area contributed by atoms with Gasteiger partial charge in [0, 0.05) is 41.2 Å². The van der Waals surface area contributed by atoms with Crippen molar-refractivity contribution in [3.63, 3.8) is 0 Å². The molecule has 1 aliphatic carbocycles. The molecule has 1 aromatic heterocycles. The molecule has 1 aliphatic rings. The average molecular weight is 497 g/mol. The van der Waals surface area contributed by atoms with Crippen molar-refractivity contribution in [3.8, 4) is 0 Å². The Morgan fingerprint density at radius 3 is 2.39 bits per heavy atom. The van der Waals surface area contributed by atoms with Crippen LogP contribution in [0.25, 0.3) is 0 Å². The molecule has 1 amide bonds. The minimum atomic E-state index is -0.0892. The number of halogens is 1. The third kappa shape index (κ3) is 4.79. The van der Waals surface area contributed by atoms with Crippen molar-refractivity contribution in [1.29, 1.82) is 0 Å². The third-order valence-electron chi connectivity index (χ3n) is 7.00. The van der Waals surface area contributed by atoms with E-state index in [0.29, 0.717) is 17.9 Å². The molecule has 5 rings (SSSR count). The van der Waals surface area contributed by atoms with Gasteiger partial charge in [-0.25, -0.2) is 4.98 Å². The van der Waals surface area contributed by atoms with E-state index < -0.39 is 0 Å². The van der Waals surface area contributed by atoms with Crippen LogP contribution in [0.1, 0.15) is 49.4 Å². The second kappa shape index (κ2) is 9.67. The van der Waals surface area contributed by atoms with E-state index in [1.54, 1.807) is 0 Å². The Morgan fingerprint density at radius 1 is 0.944 bits per heavy atom. The molecule has 3 aromatic carbocycles. The number of hydrogen-bond donors (Lipinski definition) is 2. The molecule has 0 saturated carbocycles. The average Bonchev–Trinajstić information content (AvgIpc) is 2.85. The number of hydrogen-bond acceptors (Lipinski definition) is 4. The van der Waals surface area contributed by atoms with Gasteiger partial charge in [0.2, 0.25) is 0 Å². The summed E-state index contributed by atoms with van der Waals surface area (Å²) in [7, 11) is 2.05. The number of amides is 1. The molecule has 6 heteroatoms. The zero-order chi connectivity index (χ0) is 25.4. The van der Waals surface area contributed by atoms with Gasteiger partial charge in [-0.3, -0.25) is 4.79 Å². The lowest BCUT2D eigenvalue weighted by atomic mass is 9.85. The number of nitrogens with one attached hydrogen (secondary N) is 1.